The van der Waals surface area contributed by atoms with E-state index in [4.69, 9.17) is 9.72 Å². The Morgan fingerprint density at radius 1 is 1.16 bits per heavy atom. The van der Waals surface area contributed by atoms with Crippen molar-refractivity contribution in [3.63, 3.8) is 0 Å². The number of para-hydroxylation sites is 1. The molecular formula is C25H27N3O3. The molecule has 6 heteroatoms. The molecule has 0 radical (unpaired) electrons. The van der Waals surface area contributed by atoms with Gasteiger partial charge in [-0.3, -0.25) is 14.7 Å². The number of anilines is 1. The van der Waals surface area contributed by atoms with Gasteiger partial charge in [0, 0.05) is 47.9 Å². The minimum Gasteiger partial charge on any atom is -0.452 e. The zero-order valence-electron chi connectivity index (χ0n) is 18.1. The SMILES string of the molecule is Cc1cccc(NC(=O)COC(=O)c2c3c(nc4ccccc24)CCN(C(C)C)C3)c1. The van der Waals surface area contributed by atoms with Gasteiger partial charge in [0.25, 0.3) is 5.91 Å². The number of fused-ring (bicyclic) bond motifs is 2. The number of carbonyl (C=O) groups excluding carboxylic acids is 2. The number of amides is 1. The Balaban J connectivity index is 1.58. The third-order valence-electron chi connectivity index (χ3n) is 5.65. The second-order valence-electron chi connectivity index (χ2n) is 8.24. The number of nitrogens with one attached hydrogen (secondary N) is 1. The number of ether oxygens (including phenoxy) is 1. The minimum atomic E-state index is -0.486. The summed E-state index contributed by atoms with van der Waals surface area (Å²) < 4.78 is 5.46. The summed E-state index contributed by atoms with van der Waals surface area (Å²) in [4.78, 5) is 32.6. The number of aryl methyl sites for hydroxylation is 1. The molecule has 2 heterocycles. The van der Waals surface area contributed by atoms with Crippen LogP contribution in [0.4, 0.5) is 5.69 Å². The Bertz CT molecular complexity index is 1140. The van der Waals surface area contributed by atoms with Crippen molar-refractivity contribution in [1.29, 1.82) is 0 Å². The number of esters is 1. The lowest BCUT2D eigenvalue weighted by atomic mass is 9.95. The number of aromatic nitrogens is 1. The Morgan fingerprint density at radius 3 is 2.74 bits per heavy atom. The van der Waals surface area contributed by atoms with Crippen LogP contribution in [0, 0.1) is 6.92 Å². The van der Waals surface area contributed by atoms with E-state index in [1.54, 1.807) is 6.07 Å². The van der Waals surface area contributed by atoms with Crippen LogP contribution >= 0.6 is 0 Å². The normalized spacial score (nSPS) is 13.8. The van der Waals surface area contributed by atoms with Crippen molar-refractivity contribution in [3.8, 4) is 0 Å². The predicted octanol–water partition coefficient (Wildman–Crippen LogP) is 4.11. The smallest absolute Gasteiger partial charge is 0.339 e. The van der Waals surface area contributed by atoms with Crippen molar-refractivity contribution in [3.05, 3.63) is 70.9 Å². The van der Waals surface area contributed by atoms with Gasteiger partial charge in [0.1, 0.15) is 0 Å². The summed E-state index contributed by atoms with van der Waals surface area (Å²) in [6, 6.07) is 15.5. The number of benzene rings is 2. The Hall–Kier alpha value is -3.25. The highest BCUT2D eigenvalue weighted by Crippen LogP contribution is 2.29. The minimum absolute atomic E-state index is 0.341. The molecule has 3 aromatic rings. The Morgan fingerprint density at radius 2 is 1.97 bits per heavy atom. The molecule has 0 saturated carbocycles. The first-order valence-electron chi connectivity index (χ1n) is 10.6. The van der Waals surface area contributed by atoms with Crippen molar-refractivity contribution in [2.24, 2.45) is 0 Å². The maximum absolute atomic E-state index is 13.2. The first-order chi connectivity index (χ1) is 14.9. The average molecular weight is 418 g/mol. The number of rotatable bonds is 5. The standard InChI is InChI=1S/C25H27N3O3/c1-16(2)28-12-11-22-20(14-28)24(19-9-4-5-10-21(19)27-22)25(30)31-15-23(29)26-18-8-6-7-17(3)13-18/h4-10,13,16H,11-12,14-15H2,1-3H3,(H,26,29). The first-order valence-corrected chi connectivity index (χ1v) is 10.6. The maximum Gasteiger partial charge on any atom is 0.339 e. The summed E-state index contributed by atoms with van der Waals surface area (Å²) in [7, 11) is 0. The van der Waals surface area contributed by atoms with Gasteiger partial charge in [-0.25, -0.2) is 4.79 Å². The molecule has 31 heavy (non-hydrogen) atoms. The van der Waals surface area contributed by atoms with Gasteiger partial charge in [0.2, 0.25) is 0 Å². The predicted molar refractivity (Wildman–Crippen MR) is 121 cm³/mol. The summed E-state index contributed by atoms with van der Waals surface area (Å²) in [6.07, 6.45) is 0.784. The topological polar surface area (TPSA) is 71.5 Å². The second-order valence-corrected chi connectivity index (χ2v) is 8.24. The molecule has 4 rings (SSSR count). The van der Waals surface area contributed by atoms with Crippen LogP contribution in [0.5, 0.6) is 0 Å². The molecule has 1 aliphatic rings. The van der Waals surface area contributed by atoms with Crippen LogP contribution in [-0.4, -0.2) is 41.0 Å². The van der Waals surface area contributed by atoms with Crippen molar-refractivity contribution >= 4 is 28.5 Å². The van der Waals surface area contributed by atoms with E-state index in [-0.39, 0.29) is 12.5 Å². The molecule has 0 spiro atoms. The van der Waals surface area contributed by atoms with E-state index >= 15 is 0 Å². The molecule has 1 aromatic heterocycles. The van der Waals surface area contributed by atoms with Crippen molar-refractivity contribution in [2.45, 2.75) is 39.8 Å². The van der Waals surface area contributed by atoms with Gasteiger partial charge in [-0.05, 0) is 44.5 Å². The van der Waals surface area contributed by atoms with Crippen LogP contribution in [0.2, 0.25) is 0 Å². The van der Waals surface area contributed by atoms with Gasteiger partial charge >= 0.3 is 5.97 Å². The number of carbonyl (C=O) groups is 2. The fourth-order valence-corrected chi connectivity index (χ4v) is 4.01. The van der Waals surface area contributed by atoms with Crippen molar-refractivity contribution < 1.29 is 14.3 Å². The van der Waals surface area contributed by atoms with Gasteiger partial charge < -0.3 is 10.1 Å². The van der Waals surface area contributed by atoms with Crippen LogP contribution in [0.3, 0.4) is 0 Å². The van der Waals surface area contributed by atoms with Crippen LogP contribution in [-0.2, 0) is 22.5 Å². The van der Waals surface area contributed by atoms with Gasteiger partial charge in [-0.2, -0.15) is 0 Å². The molecule has 0 bridgehead atoms. The van der Waals surface area contributed by atoms with Crippen LogP contribution in [0.1, 0.15) is 41.0 Å². The first kappa shape index (κ1) is 21.0. The molecule has 0 saturated heterocycles. The summed E-state index contributed by atoms with van der Waals surface area (Å²) >= 11 is 0. The van der Waals surface area contributed by atoms with Crippen LogP contribution in [0.25, 0.3) is 10.9 Å². The zero-order chi connectivity index (χ0) is 22.0. The van der Waals surface area contributed by atoms with E-state index in [0.29, 0.717) is 23.8 Å². The third kappa shape index (κ3) is 4.59. The molecule has 0 aliphatic carbocycles. The Labute approximate surface area is 182 Å². The fourth-order valence-electron chi connectivity index (χ4n) is 4.01. The quantitative estimate of drug-likeness (QED) is 0.633. The highest BCUT2D eigenvalue weighted by molar-refractivity contribution is 6.06. The summed E-state index contributed by atoms with van der Waals surface area (Å²) in [5.41, 5.74) is 4.86. The zero-order valence-corrected chi connectivity index (χ0v) is 18.1. The summed E-state index contributed by atoms with van der Waals surface area (Å²) in [6.45, 7) is 7.45. The Kier molecular flexibility index (Phi) is 6.00. The van der Waals surface area contributed by atoms with Crippen molar-refractivity contribution in [2.75, 3.05) is 18.5 Å². The lowest BCUT2D eigenvalue weighted by Gasteiger charge is -2.32. The number of nitrogens with zero attached hydrogens (tertiary/aromatic N) is 2. The summed E-state index contributed by atoms with van der Waals surface area (Å²) in [5.74, 6) is -0.852. The maximum atomic E-state index is 13.2. The lowest BCUT2D eigenvalue weighted by Crippen LogP contribution is -2.37. The number of hydrogen-bond acceptors (Lipinski definition) is 5. The van der Waals surface area contributed by atoms with Crippen LogP contribution in [0.15, 0.2) is 48.5 Å². The molecule has 1 N–H and O–H groups in total. The monoisotopic (exact) mass is 417 g/mol. The van der Waals surface area contributed by atoms with Gasteiger partial charge in [-0.15, -0.1) is 0 Å². The molecule has 1 aliphatic heterocycles. The molecule has 1 amide bonds. The lowest BCUT2D eigenvalue weighted by molar-refractivity contribution is -0.119. The molecule has 160 valence electrons. The molecule has 0 fully saturated rings. The number of pyridine rings is 1. The van der Waals surface area contributed by atoms with E-state index in [2.05, 4.69) is 24.1 Å². The largest absolute Gasteiger partial charge is 0.452 e. The highest BCUT2D eigenvalue weighted by atomic mass is 16.5. The molecule has 0 atom stereocenters. The van der Waals surface area contributed by atoms with Gasteiger partial charge in [0.05, 0.1) is 11.1 Å². The van der Waals surface area contributed by atoms with Crippen LogP contribution < -0.4 is 5.32 Å². The highest BCUT2D eigenvalue weighted by Gasteiger charge is 2.27. The number of hydrogen-bond donors (Lipinski definition) is 1. The van der Waals surface area contributed by atoms with E-state index in [1.807, 2.05) is 49.4 Å². The molecule has 0 unspecified atom stereocenters. The second kappa shape index (κ2) is 8.86. The molecule has 6 nitrogen and oxygen atoms in total. The molecular weight excluding hydrogens is 390 g/mol. The van der Waals surface area contributed by atoms with E-state index in [0.717, 1.165) is 40.7 Å². The average Bonchev–Trinajstić information content (AvgIpc) is 2.75. The van der Waals surface area contributed by atoms with E-state index in [1.165, 1.54) is 0 Å². The molecule has 2 aromatic carbocycles. The van der Waals surface area contributed by atoms with E-state index in [9.17, 15) is 9.59 Å². The van der Waals surface area contributed by atoms with Crippen molar-refractivity contribution in [1.82, 2.24) is 9.88 Å². The van der Waals surface area contributed by atoms with Gasteiger partial charge in [0.15, 0.2) is 6.61 Å². The van der Waals surface area contributed by atoms with E-state index < -0.39 is 5.97 Å². The fraction of sp³-hybridized carbons (Fsp3) is 0.320. The van der Waals surface area contributed by atoms with Gasteiger partial charge in [-0.1, -0.05) is 30.3 Å². The summed E-state index contributed by atoms with van der Waals surface area (Å²) in [5, 5.41) is 3.53. The third-order valence-corrected chi connectivity index (χ3v) is 5.65.